The predicted octanol–water partition coefficient (Wildman–Crippen LogP) is 6.49. The second kappa shape index (κ2) is 13.5. The second-order valence-corrected chi connectivity index (χ2v) is 12.3. The maximum Gasteiger partial charge on any atom is 0.501 e. The fourth-order valence-electron chi connectivity index (χ4n) is 5.41. The van der Waals surface area contributed by atoms with Gasteiger partial charge in [0.2, 0.25) is 0 Å². The third-order valence-electron chi connectivity index (χ3n) is 7.13. The highest BCUT2D eigenvalue weighted by Gasteiger charge is 2.47. The number of hydrogen-bond donors (Lipinski definition) is 1. The predicted molar refractivity (Wildman–Crippen MR) is 122 cm³/mol. The number of unbranched alkanes of at least 4 members (excludes halogenated alkanes) is 3. The zero-order chi connectivity index (χ0) is 20.2. The topological polar surface area (TPSA) is 53.7 Å². The molecule has 0 atom stereocenters. The number of nitrogens with two attached hydrogens (primary N) is 1. The average Bonchev–Trinajstić information content (AvgIpc) is 2.76. The van der Waals surface area contributed by atoms with Crippen LogP contribution >= 0.6 is 0 Å². The maximum absolute atomic E-state index is 6.96. The Kier molecular flexibility index (Phi) is 11.0. The Labute approximate surface area is 181 Å². The lowest BCUT2D eigenvalue weighted by atomic mass is 9.98. The number of rotatable bonds is 12. The highest BCUT2D eigenvalue weighted by Crippen LogP contribution is 2.35. The standard InChI is InChI=1S/C24H47NO3Si/c25-20-12-1-2-13-21-29(26-22-14-6-3-7-15-22,27-23-16-8-4-9-17-23)28-24-18-10-5-11-19-24/h22-24H,1-21,25H2. The quantitative estimate of drug-likeness (QED) is 0.287. The smallest absolute Gasteiger partial charge is 0.370 e. The summed E-state index contributed by atoms with van der Waals surface area (Å²) in [6.45, 7) is 0.804. The largest absolute Gasteiger partial charge is 0.501 e. The molecule has 0 unspecified atom stereocenters. The minimum Gasteiger partial charge on any atom is -0.370 e. The molecular weight excluding hydrogens is 378 g/mol. The van der Waals surface area contributed by atoms with Crippen molar-refractivity contribution in [3.63, 3.8) is 0 Å². The number of hydrogen-bond acceptors (Lipinski definition) is 4. The van der Waals surface area contributed by atoms with E-state index in [9.17, 15) is 0 Å². The Morgan fingerprint density at radius 2 is 0.897 bits per heavy atom. The van der Waals surface area contributed by atoms with Crippen LogP contribution in [0.2, 0.25) is 6.04 Å². The van der Waals surface area contributed by atoms with Crippen molar-refractivity contribution in [1.29, 1.82) is 0 Å². The van der Waals surface area contributed by atoms with Crippen LogP contribution in [0.25, 0.3) is 0 Å². The molecule has 3 fully saturated rings. The first kappa shape index (κ1) is 23.7. The molecule has 2 N–H and O–H groups in total. The van der Waals surface area contributed by atoms with Crippen molar-refractivity contribution in [3.8, 4) is 0 Å². The zero-order valence-corrected chi connectivity index (χ0v) is 19.9. The van der Waals surface area contributed by atoms with Gasteiger partial charge in [0.05, 0.1) is 0 Å². The van der Waals surface area contributed by atoms with Crippen molar-refractivity contribution in [2.75, 3.05) is 6.54 Å². The molecule has 0 spiro atoms. The monoisotopic (exact) mass is 425 g/mol. The van der Waals surface area contributed by atoms with Gasteiger partial charge in [-0.05, 0) is 57.9 Å². The van der Waals surface area contributed by atoms with Crippen LogP contribution in [-0.4, -0.2) is 33.7 Å². The molecule has 0 aliphatic heterocycles. The van der Waals surface area contributed by atoms with Crippen molar-refractivity contribution in [3.05, 3.63) is 0 Å². The van der Waals surface area contributed by atoms with Gasteiger partial charge in [0.25, 0.3) is 0 Å². The molecule has 170 valence electrons. The average molecular weight is 426 g/mol. The molecule has 0 bridgehead atoms. The van der Waals surface area contributed by atoms with E-state index in [0.717, 1.165) is 19.0 Å². The van der Waals surface area contributed by atoms with Crippen molar-refractivity contribution < 1.29 is 13.3 Å². The summed E-state index contributed by atoms with van der Waals surface area (Å²) in [6, 6.07) is 1.01. The van der Waals surface area contributed by atoms with Crippen molar-refractivity contribution in [2.45, 2.75) is 146 Å². The van der Waals surface area contributed by atoms with Crippen LogP contribution in [-0.2, 0) is 13.3 Å². The Bertz CT molecular complexity index is 368. The highest BCUT2D eigenvalue weighted by molar-refractivity contribution is 6.60. The molecule has 0 aromatic rings. The first-order valence-electron chi connectivity index (χ1n) is 13.0. The maximum atomic E-state index is 6.96. The minimum atomic E-state index is -2.65. The third kappa shape index (κ3) is 8.60. The zero-order valence-electron chi connectivity index (χ0n) is 18.9. The van der Waals surface area contributed by atoms with Gasteiger partial charge in [-0.15, -0.1) is 0 Å². The molecular formula is C24H47NO3Si. The van der Waals surface area contributed by atoms with Crippen LogP contribution in [0.1, 0.15) is 122 Å². The molecule has 3 rings (SSSR count). The lowest BCUT2D eigenvalue weighted by molar-refractivity contribution is -0.0411. The summed E-state index contributed by atoms with van der Waals surface area (Å²) < 4.78 is 20.9. The summed E-state index contributed by atoms with van der Waals surface area (Å²) in [6.07, 6.45) is 24.9. The molecule has 0 heterocycles. The van der Waals surface area contributed by atoms with E-state index in [0.29, 0.717) is 18.3 Å². The van der Waals surface area contributed by atoms with E-state index in [4.69, 9.17) is 19.0 Å². The van der Waals surface area contributed by atoms with Crippen molar-refractivity contribution >= 4 is 8.80 Å². The molecule has 0 amide bonds. The van der Waals surface area contributed by atoms with Gasteiger partial charge in [0, 0.05) is 24.4 Å². The van der Waals surface area contributed by atoms with Crippen LogP contribution in [0.5, 0.6) is 0 Å². The van der Waals surface area contributed by atoms with Gasteiger partial charge in [0.1, 0.15) is 0 Å². The van der Waals surface area contributed by atoms with Gasteiger partial charge in [-0.3, -0.25) is 0 Å². The summed E-state index contributed by atoms with van der Waals surface area (Å²) in [4.78, 5) is 0. The molecule has 0 saturated heterocycles. The van der Waals surface area contributed by atoms with Crippen molar-refractivity contribution in [1.82, 2.24) is 0 Å². The molecule has 3 aliphatic rings. The molecule has 3 aliphatic carbocycles. The molecule has 0 aromatic carbocycles. The second-order valence-electron chi connectivity index (χ2n) is 9.77. The van der Waals surface area contributed by atoms with Gasteiger partial charge in [0.15, 0.2) is 0 Å². The van der Waals surface area contributed by atoms with Crippen molar-refractivity contribution in [2.24, 2.45) is 5.73 Å². The van der Waals surface area contributed by atoms with Gasteiger partial charge >= 0.3 is 8.80 Å². The lowest BCUT2D eigenvalue weighted by Gasteiger charge is -2.41. The summed E-state index contributed by atoms with van der Waals surface area (Å²) in [5.41, 5.74) is 5.70. The fourth-order valence-corrected chi connectivity index (χ4v) is 8.84. The van der Waals surface area contributed by atoms with E-state index in [2.05, 4.69) is 0 Å². The van der Waals surface area contributed by atoms with Gasteiger partial charge in [-0.2, -0.15) is 0 Å². The van der Waals surface area contributed by atoms with Crippen LogP contribution in [0, 0.1) is 0 Å². The van der Waals surface area contributed by atoms with Gasteiger partial charge in [-0.25, -0.2) is 0 Å². The lowest BCUT2D eigenvalue weighted by Crippen LogP contribution is -2.53. The molecule has 3 saturated carbocycles. The SMILES string of the molecule is NCCCCCC[Si](OC1CCCCC1)(OC1CCCCC1)OC1CCCCC1. The van der Waals surface area contributed by atoms with Gasteiger partial charge in [-0.1, -0.05) is 70.6 Å². The molecule has 0 aromatic heterocycles. The molecule has 5 heteroatoms. The minimum absolute atomic E-state index is 0.367. The van der Waals surface area contributed by atoms with E-state index in [1.165, 1.54) is 116 Å². The van der Waals surface area contributed by atoms with E-state index in [1.807, 2.05) is 0 Å². The molecule has 4 nitrogen and oxygen atoms in total. The normalized spacial score (nSPS) is 23.5. The van der Waals surface area contributed by atoms with Crippen LogP contribution in [0.3, 0.4) is 0 Å². The highest BCUT2D eigenvalue weighted by atomic mass is 28.4. The summed E-state index contributed by atoms with van der Waals surface area (Å²) in [5, 5.41) is 0. The molecule has 0 radical (unpaired) electrons. The van der Waals surface area contributed by atoms with Crippen LogP contribution < -0.4 is 5.73 Å². The first-order valence-corrected chi connectivity index (χ1v) is 15.0. The van der Waals surface area contributed by atoms with E-state index < -0.39 is 8.80 Å². The Morgan fingerprint density at radius 3 is 1.28 bits per heavy atom. The summed E-state index contributed by atoms with van der Waals surface area (Å²) in [7, 11) is -2.65. The third-order valence-corrected chi connectivity index (χ3v) is 10.2. The Hall–Kier alpha value is 0.0569. The van der Waals surface area contributed by atoms with Crippen LogP contribution in [0.4, 0.5) is 0 Å². The van der Waals surface area contributed by atoms with E-state index in [1.54, 1.807) is 0 Å². The van der Waals surface area contributed by atoms with E-state index in [-0.39, 0.29) is 0 Å². The molecule has 29 heavy (non-hydrogen) atoms. The Balaban J connectivity index is 1.68. The van der Waals surface area contributed by atoms with Gasteiger partial charge < -0.3 is 19.0 Å². The Morgan fingerprint density at radius 1 is 0.517 bits per heavy atom. The first-order chi connectivity index (χ1) is 14.3. The van der Waals surface area contributed by atoms with Crippen LogP contribution in [0.15, 0.2) is 0 Å². The summed E-state index contributed by atoms with van der Waals surface area (Å²) in [5.74, 6) is 0. The summed E-state index contributed by atoms with van der Waals surface area (Å²) >= 11 is 0. The fraction of sp³-hybridized carbons (Fsp3) is 1.00. The van der Waals surface area contributed by atoms with E-state index >= 15 is 0 Å².